The fourth-order valence-corrected chi connectivity index (χ4v) is 5.54. The minimum Gasteiger partial charge on any atom is -0.317 e. The molecule has 1 aromatic heterocycles. The first kappa shape index (κ1) is 19.0. The summed E-state index contributed by atoms with van der Waals surface area (Å²) in [6.07, 6.45) is 4.48. The number of rotatable bonds is 7. The quantitative estimate of drug-likeness (QED) is 0.651. The molecule has 1 amide bonds. The molecule has 2 aromatic rings. The van der Waals surface area contributed by atoms with Gasteiger partial charge in [0.05, 0.1) is 5.56 Å². The zero-order valence-electron chi connectivity index (χ0n) is 15.1. The fraction of sp³-hybridized carbons (Fsp3) is 0.429. The maximum absolute atomic E-state index is 12.3. The van der Waals surface area contributed by atoms with E-state index in [1.807, 2.05) is 17.8 Å². The van der Waals surface area contributed by atoms with Crippen LogP contribution < -0.4 is 5.32 Å². The van der Waals surface area contributed by atoms with E-state index in [-0.39, 0.29) is 5.91 Å². The molecule has 1 atom stereocenters. The lowest BCUT2D eigenvalue weighted by Crippen LogP contribution is -2.12. The van der Waals surface area contributed by atoms with Gasteiger partial charge in [-0.2, -0.15) is 17.0 Å². The van der Waals surface area contributed by atoms with E-state index < -0.39 is 0 Å². The van der Waals surface area contributed by atoms with E-state index in [2.05, 4.69) is 42.6 Å². The number of thiophene rings is 1. The number of nitrogens with one attached hydrogen (secondary N) is 1. The number of amides is 1. The zero-order chi connectivity index (χ0) is 18.4. The highest BCUT2D eigenvalue weighted by Gasteiger charge is 2.24. The molecular weight excluding hydrogens is 360 g/mol. The van der Waals surface area contributed by atoms with Gasteiger partial charge in [0.1, 0.15) is 11.1 Å². The van der Waals surface area contributed by atoms with Crippen LogP contribution in [0.25, 0.3) is 0 Å². The van der Waals surface area contributed by atoms with Crippen molar-refractivity contribution >= 4 is 34.0 Å². The largest absolute Gasteiger partial charge is 0.317 e. The first-order valence-electron chi connectivity index (χ1n) is 9.13. The monoisotopic (exact) mass is 384 g/mol. The molecule has 0 bridgehead atoms. The molecule has 1 aliphatic rings. The van der Waals surface area contributed by atoms with E-state index in [0.717, 1.165) is 42.2 Å². The Morgan fingerprint density at radius 3 is 2.96 bits per heavy atom. The van der Waals surface area contributed by atoms with Gasteiger partial charge in [-0.05, 0) is 48.5 Å². The van der Waals surface area contributed by atoms with Gasteiger partial charge in [0.2, 0.25) is 5.91 Å². The van der Waals surface area contributed by atoms with Gasteiger partial charge in [0, 0.05) is 17.1 Å². The normalized spacial score (nSPS) is 15.9. The summed E-state index contributed by atoms with van der Waals surface area (Å²) in [4.78, 5) is 13.6. The van der Waals surface area contributed by atoms with E-state index in [1.165, 1.54) is 16.0 Å². The third kappa shape index (κ3) is 4.90. The summed E-state index contributed by atoms with van der Waals surface area (Å²) in [5, 5.41) is 13.2. The highest BCUT2D eigenvalue weighted by molar-refractivity contribution is 7.98. The minimum atomic E-state index is 0.0217. The Bertz CT molecular complexity index is 792. The molecule has 1 heterocycles. The second kappa shape index (κ2) is 9.25. The molecule has 0 radical (unpaired) electrons. The highest BCUT2D eigenvalue weighted by atomic mass is 32.2. The summed E-state index contributed by atoms with van der Waals surface area (Å²) in [7, 11) is 0. The molecule has 0 spiro atoms. The number of thioether (sulfide) groups is 1. The Morgan fingerprint density at radius 2 is 2.19 bits per heavy atom. The van der Waals surface area contributed by atoms with Crippen LogP contribution >= 0.6 is 23.1 Å². The zero-order valence-corrected chi connectivity index (χ0v) is 16.7. The van der Waals surface area contributed by atoms with Gasteiger partial charge in [-0.1, -0.05) is 37.3 Å². The van der Waals surface area contributed by atoms with Gasteiger partial charge in [-0.25, -0.2) is 0 Å². The number of benzene rings is 1. The van der Waals surface area contributed by atoms with E-state index in [1.54, 1.807) is 11.3 Å². The van der Waals surface area contributed by atoms with Crippen LogP contribution in [0.5, 0.6) is 0 Å². The molecule has 1 aliphatic carbocycles. The second-order valence-corrected chi connectivity index (χ2v) is 9.07. The van der Waals surface area contributed by atoms with Gasteiger partial charge in [-0.15, -0.1) is 11.3 Å². The molecule has 0 unspecified atom stereocenters. The summed E-state index contributed by atoms with van der Waals surface area (Å²) in [5.74, 6) is 2.63. The molecule has 1 N–H and O–H groups in total. The first-order chi connectivity index (χ1) is 12.7. The van der Waals surface area contributed by atoms with Gasteiger partial charge < -0.3 is 5.32 Å². The Morgan fingerprint density at radius 1 is 1.38 bits per heavy atom. The number of nitrogens with zero attached hydrogens (tertiary/aromatic N) is 1. The Kier molecular flexibility index (Phi) is 6.76. The molecule has 136 valence electrons. The molecule has 5 heteroatoms. The Hall–Kier alpha value is -1.77. The number of anilines is 1. The molecule has 0 aliphatic heterocycles. The van der Waals surface area contributed by atoms with Crippen molar-refractivity contribution in [2.75, 3.05) is 11.1 Å². The average molecular weight is 385 g/mol. The number of hydrogen-bond donors (Lipinski definition) is 1. The number of nitriles is 1. The highest BCUT2D eigenvalue weighted by Crippen LogP contribution is 2.39. The number of carbonyl (C=O) groups excluding carboxylic acids is 1. The Labute approximate surface area is 163 Å². The summed E-state index contributed by atoms with van der Waals surface area (Å²) in [5.41, 5.74) is 3.19. The Balaban J connectivity index is 1.46. The van der Waals surface area contributed by atoms with Crippen molar-refractivity contribution in [2.45, 2.75) is 44.8 Å². The van der Waals surface area contributed by atoms with Crippen LogP contribution in [0, 0.1) is 17.2 Å². The van der Waals surface area contributed by atoms with Crippen LogP contribution in [0.15, 0.2) is 30.3 Å². The third-order valence-electron chi connectivity index (χ3n) is 4.68. The lowest BCUT2D eigenvalue weighted by atomic mass is 9.89. The molecule has 0 saturated heterocycles. The smallest absolute Gasteiger partial charge is 0.225 e. The predicted molar refractivity (Wildman–Crippen MR) is 111 cm³/mol. The van der Waals surface area contributed by atoms with Crippen LogP contribution in [0.2, 0.25) is 0 Å². The SMILES string of the molecule is C[C@H]1CCc2c(sc(NC(=O)CCCSCc3ccccc3)c2C#N)C1. The summed E-state index contributed by atoms with van der Waals surface area (Å²) in [6.45, 7) is 2.25. The van der Waals surface area contributed by atoms with Crippen molar-refractivity contribution < 1.29 is 4.79 Å². The number of fused-ring (bicyclic) bond motifs is 1. The summed E-state index contributed by atoms with van der Waals surface area (Å²) >= 11 is 3.45. The minimum absolute atomic E-state index is 0.0217. The van der Waals surface area contributed by atoms with Gasteiger partial charge in [-0.3, -0.25) is 4.79 Å². The van der Waals surface area contributed by atoms with E-state index in [9.17, 15) is 10.1 Å². The third-order valence-corrected chi connectivity index (χ3v) is 6.97. The molecule has 1 aromatic carbocycles. The molecule has 0 saturated carbocycles. The average Bonchev–Trinajstić information content (AvgIpc) is 2.98. The van der Waals surface area contributed by atoms with Crippen LogP contribution in [0.4, 0.5) is 5.00 Å². The van der Waals surface area contributed by atoms with Crippen LogP contribution in [-0.2, 0) is 23.4 Å². The second-order valence-electron chi connectivity index (χ2n) is 6.86. The van der Waals surface area contributed by atoms with Crippen molar-refractivity contribution in [3.63, 3.8) is 0 Å². The maximum Gasteiger partial charge on any atom is 0.225 e. The first-order valence-corrected chi connectivity index (χ1v) is 11.1. The number of carbonyl (C=O) groups is 1. The summed E-state index contributed by atoms with van der Waals surface area (Å²) < 4.78 is 0. The maximum atomic E-state index is 12.3. The van der Waals surface area contributed by atoms with Crippen molar-refractivity contribution in [2.24, 2.45) is 5.92 Å². The van der Waals surface area contributed by atoms with Crippen LogP contribution in [0.1, 0.15) is 47.8 Å². The predicted octanol–water partition coefficient (Wildman–Crippen LogP) is 5.40. The fourth-order valence-electron chi connectivity index (χ4n) is 3.25. The van der Waals surface area contributed by atoms with Gasteiger partial charge in [0.25, 0.3) is 0 Å². The molecule has 26 heavy (non-hydrogen) atoms. The van der Waals surface area contributed by atoms with Crippen LogP contribution in [0.3, 0.4) is 0 Å². The topological polar surface area (TPSA) is 52.9 Å². The van der Waals surface area contributed by atoms with Crippen molar-refractivity contribution in [1.29, 1.82) is 5.26 Å². The van der Waals surface area contributed by atoms with E-state index in [4.69, 9.17) is 0 Å². The molecule has 3 nitrogen and oxygen atoms in total. The lowest BCUT2D eigenvalue weighted by molar-refractivity contribution is -0.116. The van der Waals surface area contributed by atoms with Gasteiger partial charge in [0.15, 0.2) is 0 Å². The molecule has 3 rings (SSSR count). The van der Waals surface area contributed by atoms with Crippen molar-refractivity contribution in [3.05, 3.63) is 51.9 Å². The van der Waals surface area contributed by atoms with E-state index >= 15 is 0 Å². The molecular formula is C21H24N2OS2. The van der Waals surface area contributed by atoms with E-state index in [0.29, 0.717) is 17.9 Å². The standard InChI is InChI=1S/C21H24N2OS2/c1-15-9-10-17-18(13-22)21(26-19(17)12-15)23-20(24)8-5-11-25-14-16-6-3-2-4-7-16/h2-4,6-7,15H,5,8-12,14H2,1H3,(H,23,24)/t15-/m0/s1. The van der Waals surface area contributed by atoms with Crippen molar-refractivity contribution in [1.82, 2.24) is 0 Å². The summed E-state index contributed by atoms with van der Waals surface area (Å²) in [6, 6.07) is 12.7. The lowest BCUT2D eigenvalue weighted by Gasteiger charge is -2.17. The van der Waals surface area contributed by atoms with Crippen LogP contribution in [-0.4, -0.2) is 11.7 Å². The number of hydrogen-bond acceptors (Lipinski definition) is 4. The van der Waals surface area contributed by atoms with Gasteiger partial charge >= 0.3 is 0 Å². The van der Waals surface area contributed by atoms with Crippen molar-refractivity contribution in [3.8, 4) is 6.07 Å². The molecule has 0 fully saturated rings.